The van der Waals surface area contributed by atoms with Crippen molar-refractivity contribution in [1.29, 1.82) is 0 Å². The summed E-state index contributed by atoms with van der Waals surface area (Å²) in [4.78, 5) is 11.9. The van der Waals surface area contributed by atoms with E-state index in [4.69, 9.17) is 0 Å². The molecule has 1 aliphatic rings. The third-order valence-corrected chi connectivity index (χ3v) is 4.23. The predicted molar refractivity (Wildman–Crippen MR) is 80.4 cm³/mol. The standard InChI is InChI=1S/C17H24FNO2/c18-15-8-4-3-7-14(15)9-10-16(20)19-13-17(21)11-5-1-2-6-12-17/h3-4,7-8,21H,1-2,5-6,9-13H2,(H,19,20). The summed E-state index contributed by atoms with van der Waals surface area (Å²) < 4.78 is 13.5. The lowest BCUT2D eigenvalue weighted by atomic mass is 9.94. The molecule has 0 bridgehead atoms. The van der Waals surface area contributed by atoms with Crippen LogP contribution in [0.5, 0.6) is 0 Å². The molecule has 3 nitrogen and oxygen atoms in total. The first kappa shape index (κ1) is 16.0. The van der Waals surface area contributed by atoms with Gasteiger partial charge < -0.3 is 10.4 Å². The molecule has 2 N–H and O–H groups in total. The Bertz CT molecular complexity index is 468. The average Bonchev–Trinajstić information content (AvgIpc) is 2.70. The average molecular weight is 293 g/mol. The van der Waals surface area contributed by atoms with Crippen LogP contribution in [0.2, 0.25) is 0 Å². The minimum atomic E-state index is -0.760. The molecule has 0 heterocycles. The summed E-state index contributed by atoms with van der Waals surface area (Å²) in [7, 11) is 0. The lowest BCUT2D eigenvalue weighted by molar-refractivity contribution is -0.122. The summed E-state index contributed by atoms with van der Waals surface area (Å²) >= 11 is 0. The number of hydrogen-bond donors (Lipinski definition) is 2. The van der Waals surface area contributed by atoms with E-state index in [9.17, 15) is 14.3 Å². The number of benzene rings is 1. The molecule has 21 heavy (non-hydrogen) atoms. The van der Waals surface area contributed by atoms with Crippen molar-refractivity contribution in [2.45, 2.75) is 57.0 Å². The molecule has 0 unspecified atom stereocenters. The Morgan fingerprint density at radius 3 is 2.52 bits per heavy atom. The van der Waals surface area contributed by atoms with Crippen LogP contribution in [-0.2, 0) is 11.2 Å². The van der Waals surface area contributed by atoms with Crippen molar-refractivity contribution < 1.29 is 14.3 Å². The van der Waals surface area contributed by atoms with Crippen molar-refractivity contribution in [2.24, 2.45) is 0 Å². The molecule has 0 radical (unpaired) electrons. The van der Waals surface area contributed by atoms with Crippen LogP contribution in [0.15, 0.2) is 24.3 Å². The van der Waals surface area contributed by atoms with E-state index in [-0.39, 0.29) is 18.1 Å². The van der Waals surface area contributed by atoms with E-state index in [2.05, 4.69) is 5.32 Å². The van der Waals surface area contributed by atoms with Gasteiger partial charge in [0.1, 0.15) is 5.82 Å². The van der Waals surface area contributed by atoms with E-state index in [0.717, 1.165) is 38.5 Å². The van der Waals surface area contributed by atoms with Crippen LogP contribution in [-0.4, -0.2) is 23.2 Å². The third kappa shape index (κ3) is 5.12. The summed E-state index contributed by atoms with van der Waals surface area (Å²) in [6.07, 6.45) is 6.48. The molecule has 0 saturated heterocycles. The molecule has 1 aliphatic carbocycles. The van der Waals surface area contributed by atoms with E-state index in [1.807, 2.05) is 0 Å². The molecule has 0 aromatic heterocycles. The third-order valence-electron chi connectivity index (χ3n) is 4.23. The molecule has 1 aromatic rings. The summed E-state index contributed by atoms with van der Waals surface area (Å²) in [6.45, 7) is 0.309. The first-order valence-corrected chi connectivity index (χ1v) is 7.82. The van der Waals surface area contributed by atoms with Crippen molar-refractivity contribution in [3.63, 3.8) is 0 Å². The van der Waals surface area contributed by atoms with E-state index < -0.39 is 5.60 Å². The fourth-order valence-electron chi connectivity index (χ4n) is 2.86. The van der Waals surface area contributed by atoms with Crippen molar-refractivity contribution in [1.82, 2.24) is 5.32 Å². The van der Waals surface area contributed by atoms with Crippen LogP contribution < -0.4 is 5.32 Å². The minimum Gasteiger partial charge on any atom is -0.388 e. The van der Waals surface area contributed by atoms with Gasteiger partial charge in [0.05, 0.1) is 5.60 Å². The molecular weight excluding hydrogens is 269 g/mol. The summed E-state index contributed by atoms with van der Waals surface area (Å²) in [6, 6.07) is 6.51. The van der Waals surface area contributed by atoms with Gasteiger partial charge in [0.2, 0.25) is 5.91 Å². The number of halogens is 1. The van der Waals surface area contributed by atoms with E-state index >= 15 is 0 Å². The van der Waals surface area contributed by atoms with Gasteiger partial charge in [0, 0.05) is 13.0 Å². The zero-order valence-corrected chi connectivity index (χ0v) is 12.4. The summed E-state index contributed by atoms with van der Waals surface area (Å²) in [5, 5.41) is 13.3. The van der Waals surface area contributed by atoms with E-state index in [1.165, 1.54) is 6.07 Å². The molecule has 1 amide bonds. The monoisotopic (exact) mass is 293 g/mol. The fraction of sp³-hybridized carbons (Fsp3) is 0.588. The maximum atomic E-state index is 13.5. The number of aryl methyl sites for hydroxylation is 1. The van der Waals surface area contributed by atoms with Gasteiger partial charge in [-0.25, -0.2) is 4.39 Å². The van der Waals surface area contributed by atoms with Gasteiger partial charge in [-0.1, -0.05) is 43.9 Å². The van der Waals surface area contributed by atoms with Gasteiger partial charge >= 0.3 is 0 Å². The van der Waals surface area contributed by atoms with Crippen molar-refractivity contribution >= 4 is 5.91 Å². The van der Waals surface area contributed by atoms with Gasteiger partial charge in [-0.05, 0) is 30.9 Å². The molecule has 116 valence electrons. The normalized spacial score (nSPS) is 18.0. The van der Waals surface area contributed by atoms with Crippen LogP contribution in [0.4, 0.5) is 4.39 Å². The van der Waals surface area contributed by atoms with Crippen LogP contribution >= 0.6 is 0 Å². The van der Waals surface area contributed by atoms with Gasteiger partial charge in [-0.15, -0.1) is 0 Å². The molecule has 0 atom stereocenters. The zero-order chi connectivity index (χ0) is 15.1. The Labute approximate surface area is 125 Å². The Kier molecular flexibility index (Phi) is 5.74. The molecule has 1 aromatic carbocycles. The van der Waals surface area contributed by atoms with Crippen molar-refractivity contribution in [2.75, 3.05) is 6.54 Å². The fourth-order valence-corrected chi connectivity index (χ4v) is 2.86. The summed E-state index contributed by atoms with van der Waals surface area (Å²) in [5.41, 5.74) is -0.203. The van der Waals surface area contributed by atoms with Crippen molar-refractivity contribution in [3.05, 3.63) is 35.6 Å². The number of aliphatic hydroxyl groups is 1. The molecule has 1 fully saturated rings. The number of carbonyl (C=O) groups is 1. The highest BCUT2D eigenvalue weighted by Gasteiger charge is 2.28. The quantitative estimate of drug-likeness (QED) is 0.820. The van der Waals surface area contributed by atoms with Crippen LogP contribution in [0, 0.1) is 5.82 Å². The van der Waals surface area contributed by atoms with Gasteiger partial charge in [-0.2, -0.15) is 0 Å². The van der Waals surface area contributed by atoms with Gasteiger partial charge in [0.15, 0.2) is 0 Å². The van der Waals surface area contributed by atoms with E-state index in [0.29, 0.717) is 18.5 Å². The molecule has 2 rings (SSSR count). The molecule has 1 saturated carbocycles. The number of nitrogens with one attached hydrogen (secondary N) is 1. The number of amides is 1. The lowest BCUT2D eigenvalue weighted by Crippen LogP contribution is -2.42. The molecular formula is C17H24FNO2. The first-order chi connectivity index (χ1) is 10.1. The predicted octanol–water partition coefficient (Wildman–Crippen LogP) is 2.96. The largest absolute Gasteiger partial charge is 0.388 e. The van der Waals surface area contributed by atoms with Crippen LogP contribution in [0.1, 0.15) is 50.5 Å². The van der Waals surface area contributed by atoms with Crippen molar-refractivity contribution in [3.8, 4) is 0 Å². The zero-order valence-electron chi connectivity index (χ0n) is 12.4. The molecule has 0 spiro atoms. The Hall–Kier alpha value is -1.42. The van der Waals surface area contributed by atoms with Crippen LogP contribution in [0.25, 0.3) is 0 Å². The Balaban J connectivity index is 1.75. The minimum absolute atomic E-state index is 0.129. The van der Waals surface area contributed by atoms with Crippen LogP contribution in [0.3, 0.4) is 0 Å². The maximum absolute atomic E-state index is 13.5. The van der Waals surface area contributed by atoms with E-state index in [1.54, 1.807) is 18.2 Å². The SMILES string of the molecule is O=C(CCc1ccccc1F)NCC1(O)CCCCCC1. The number of hydrogen-bond acceptors (Lipinski definition) is 2. The first-order valence-electron chi connectivity index (χ1n) is 7.82. The Morgan fingerprint density at radius 1 is 1.19 bits per heavy atom. The van der Waals surface area contributed by atoms with Gasteiger partial charge in [-0.3, -0.25) is 4.79 Å². The lowest BCUT2D eigenvalue weighted by Gasteiger charge is -2.26. The Morgan fingerprint density at radius 2 is 1.86 bits per heavy atom. The second kappa shape index (κ2) is 7.55. The second-order valence-corrected chi connectivity index (χ2v) is 6.01. The number of rotatable bonds is 5. The highest BCUT2D eigenvalue weighted by Crippen LogP contribution is 2.26. The van der Waals surface area contributed by atoms with Gasteiger partial charge in [0.25, 0.3) is 0 Å². The maximum Gasteiger partial charge on any atom is 0.220 e. The number of carbonyl (C=O) groups excluding carboxylic acids is 1. The highest BCUT2D eigenvalue weighted by atomic mass is 19.1. The second-order valence-electron chi connectivity index (χ2n) is 6.01. The topological polar surface area (TPSA) is 49.3 Å². The molecule has 0 aliphatic heterocycles. The smallest absolute Gasteiger partial charge is 0.220 e. The summed E-state index contributed by atoms with van der Waals surface area (Å²) in [5.74, 6) is -0.399. The highest BCUT2D eigenvalue weighted by molar-refractivity contribution is 5.76. The molecule has 4 heteroatoms.